The van der Waals surface area contributed by atoms with Crippen LogP contribution in [0.2, 0.25) is 0 Å². The van der Waals surface area contributed by atoms with Gasteiger partial charge in [-0.25, -0.2) is 0 Å². The largest absolute Gasteiger partial charge is 0.0928 e. The lowest BCUT2D eigenvalue weighted by atomic mass is 10.00. The zero-order valence-corrected chi connectivity index (χ0v) is 11.6. The first-order valence-corrected chi connectivity index (χ1v) is 7.49. The van der Waals surface area contributed by atoms with Crippen LogP contribution < -0.4 is 0 Å². The van der Waals surface area contributed by atoms with E-state index in [1.807, 2.05) is 0 Å². The lowest BCUT2D eigenvalue weighted by Crippen LogP contribution is -1.91. The standard InChI is InChI=1S/C13H27Br/c1-3-13(2)11-9-7-5-4-6-8-10-12-14/h13H,3-12H2,1-2H3. The molecule has 0 bridgehead atoms. The van der Waals surface area contributed by atoms with Crippen LogP contribution in [-0.4, -0.2) is 5.33 Å². The summed E-state index contributed by atoms with van der Waals surface area (Å²) >= 11 is 3.47. The first kappa shape index (κ1) is 14.5. The van der Waals surface area contributed by atoms with Crippen LogP contribution in [0.25, 0.3) is 0 Å². The van der Waals surface area contributed by atoms with Crippen molar-refractivity contribution < 1.29 is 0 Å². The number of halogens is 1. The molecule has 0 amide bonds. The van der Waals surface area contributed by atoms with Gasteiger partial charge in [0.15, 0.2) is 0 Å². The molecular weight excluding hydrogens is 236 g/mol. The molecule has 0 N–H and O–H groups in total. The zero-order valence-electron chi connectivity index (χ0n) is 10.0. The average Bonchev–Trinajstić information content (AvgIpc) is 2.21. The maximum absolute atomic E-state index is 3.47. The molecule has 0 fully saturated rings. The van der Waals surface area contributed by atoms with Gasteiger partial charge in [-0.05, 0) is 12.3 Å². The molecule has 86 valence electrons. The fourth-order valence-electron chi connectivity index (χ4n) is 1.68. The molecule has 0 aliphatic carbocycles. The van der Waals surface area contributed by atoms with E-state index in [0.717, 1.165) is 5.92 Å². The summed E-state index contributed by atoms with van der Waals surface area (Å²) in [4.78, 5) is 0. The Morgan fingerprint density at radius 2 is 1.36 bits per heavy atom. The second-order valence-corrected chi connectivity index (χ2v) is 5.26. The molecule has 0 aliphatic heterocycles. The van der Waals surface area contributed by atoms with Crippen LogP contribution in [0.15, 0.2) is 0 Å². The molecule has 1 atom stereocenters. The molecular formula is C13H27Br. The first-order chi connectivity index (χ1) is 6.81. The van der Waals surface area contributed by atoms with Gasteiger partial charge in [-0.1, -0.05) is 81.1 Å². The first-order valence-electron chi connectivity index (χ1n) is 6.37. The van der Waals surface area contributed by atoms with Crippen molar-refractivity contribution in [1.82, 2.24) is 0 Å². The zero-order chi connectivity index (χ0) is 10.6. The van der Waals surface area contributed by atoms with Crippen LogP contribution in [0.5, 0.6) is 0 Å². The van der Waals surface area contributed by atoms with Crippen molar-refractivity contribution in [2.24, 2.45) is 5.92 Å². The summed E-state index contributed by atoms with van der Waals surface area (Å²) in [5, 5.41) is 1.18. The van der Waals surface area contributed by atoms with E-state index in [0.29, 0.717) is 0 Å². The van der Waals surface area contributed by atoms with E-state index in [1.54, 1.807) is 0 Å². The highest BCUT2D eigenvalue weighted by Gasteiger charge is 1.97. The summed E-state index contributed by atoms with van der Waals surface area (Å²) in [6.45, 7) is 4.67. The third-order valence-electron chi connectivity index (χ3n) is 3.03. The van der Waals surface area contributed by atoms with Crippen LogP contribution in [0, 0.1) is 5.92 Å². The maximum Gasteiger partial charge on any atom is 0.00313 e. The van der Waals surface area contributed by atoms with Gasteiger partial charge < -0.3 is 0 Å². The smallest absolute Gasteiger partial charge is 0.00313 e. The van der Waals surface area contributed by atoms with Gasteiger partial charge in [0.05, 0.1) is 0 Å². The Balaban J connectivity index is 2.92. The van der Waals surface area contributed by atoms with Gasteiger partial charge in [-0.2, -0.15) is 0 Å². The second kappa shape index (κ2) is 11.6. The fourth-order valence-corrected chi connectivity index (χ4v) is 2.07. The SMILES string of the molecule is CCC(C)CCCCCCCCCBr. The molecule has 0 nitrogen and oxygen atoms in total. The molecule has 0 rings (SSSR count). The highest BCUT2D eigenvalue weighted by molar-refractivity contribution is 9.09. The molecule has 0 saturated heterocycles. The Morgan fingerprint density at radius 3 is 1.86 bits per heavy atom. The number of hydrogen-bond acceptors (Lipinski definition) is 0. The van der Waals surface area contributed by atoms with E-state index in [9.17, 15) is 0 Å². The fraction of sp³-hybridized carbons (Fsp3) is 1.00. The van der Waals surface area contributed by atoms with E-state index < -0.39 is 0 Å². The van der Waals surface area contributed by atoms with E-state index in [-0.39, 0.29) is 0 Å². The predicted molar refractivity (Wildman–Crippen MR) is 70.2 cm³/mol. The van der Waals surface area contributed by atoms with Crippen molar-refractivity contribution in [3.63, 3.8) is 0 Å². The van der Waals surface area contributed by atoms with Gasteiger partial charge in [0.2, 0.25) is 0 Å². The molecule has 0 aliphatic rings. The molecule has 0 saturated carbocycles. The van der Waals surface area contributed by atoms with Crippen LogP contribution in [0.3, 0.4) is 0 Å². The average molecular weight is 263 g/mol. The minimum Gasteiger partial charge on any atom is -0.0928 e. The van der Waals surface area contributed by atoms with Crippen LogP contribution in [-0.2, 0) is 0 Å². The van der Waals surface area contributed by atoms with Gasteiger partial charge in [0.25, 0.3) is 0 Å². The van der Waals surface area contributed by atoms with Crippen molar-refractivity contribution in [3.05, 3.63) is 0 Å². The summed E-state index contributed by atoms with van der Waals surface area (Å²) in [6.07, 6.45) is 12.8. The molecule has 0 aromatic heterocycles. The molecule has 1 unspecified atom stereocenters. The minimum atomic E-state index is 0.948. The van der Waals surface area contributed by atoms with Crippen molar-refractivity contribution in [3.8, 4) is 0 Å². The van der Waals surface area contributed by atoms with Gasteiger partial charge in [0.1, 0.15) is 0 Å². The lowest BCUT2D eigenvalue weighted by molar-refractivity contribution is 0.471. The molecule has 14 heavy (non-hydrogen) atoms. The summed E-state index contributed by atoms with van der Waals surface area (Å²) in [5.41, 5.74) is 0. The Hall–Kier alpha value is 0.480. The van der Waals surface area contributed by atoms with E-state index in [1.165, 1.54) is 63.1 Å². The number of unbranched alkanes of at least 4 members (excludes halogenated alkanes) is 6. The predicted octanol–water partition coefficient (Wildman–Crippen LogP) is 5.55. The van der Waals surface area contributed by atoms with Crippen LogP contribution in [0.4, 0.5) is 0 Å². The Labute approximate surface area is 99.0 Å². The van der Waals surface area contributed by atoms with Crippen LogP contribution in [0.1, 0.15) is 71.6 Å². The minimum absolute atomic E-state index is 0.948. The van der Waals surface area contributed by atoms with Crippen molar-refractivity contribution >= 4 is 15.9 Å². The topological polar surface area (TPSA) is 0 Å². The maximum atomic E-state index is 3.47. The quantitative estimate of drug-likeness (QED) is 0.358. The normalized spacial score (nSPS) is 13.1. The van der Waals surface area contributed by atoms with Crippen molar-refractivity contribution in [1.29, 1.82) is 0 Å². The summed E-state index contributed by atoms with van der Waals surface area (Å²) in [7, 11) is 0. The van der Waals surface area contributed by atoms with E-state index in [2.05, 4.69) is 29.8 Å². The summed E-state index contributed by atoms with van der Waals surface area (Å²) < 4.78 is 0. The number of rotatable bonds is 10. The number of hydrogen-bond donors (Lipinski definition) is 0. The molecule has 0 radical (unpaired) electrons. The molecule has 0 spiro atoms. The number of alkyl halides is 1. The van der Waals surface area contributed by atoms with Gasteiger partial charge in [-0.15, -0.1) is 0 Å². The van der Waals surface area contributed by atoms with Gasteiger partial charge in [0, 0.05) is 5.33 Å². The molecule has 0 aromatic carbocycles. The second-order valence-electron chi connectivity index (χ2n) is 4.47. The van der Waals surface area contributed by atoms with E-state index in [4.69, 9.17) is 0 Å². The van der Waals surface area contributed by atoms with Crippen molar-refractivity contribution in [2.45, 2.75) is 71.6 Å². The van der Waals surface area contributed by atoms with Crippen LogP contribution >= 0.6 is 15.9 Å². The summed E-state index contributed by atoms with van der Waals surface area (Å²) in [5.74, 6) is 0.948. The van der Waals surface area contributed by atoms with E-state index >= 15 is 0 Å². The molecule has 0 aromatic rings. The summed E-state index contributed by atoms with van der Waals surface area (Å²) in [6, 6.07) is 0. The monoisotopic (exact) mass is 262 g/mol. The van der Waals surface area contributed by atoms with Gasteiger partial charge >= 0.3 is 0 Å². The Kier molecular flexibility index (Phi) is 12.0. The van der Waals surface area contributed by atoms with Crippen molar-refractivity contribution in [2.75, 3.05) is 5.33 Å². The molecule has 1 heteroatoms. The Morgan fingerprint density at radius 1 is 0.857 bits per heavy atom. The third kappa shape index (κ3) is 10.6. The lowest BCUT2D eigenvalue weighted by Gasteiger charge is -2.07. The highest BCUT2D eigenvalue weighted by Crippen LogP contribution is 2.14. The third-order valence-corrected chi connectivity index (χ3v) is 3.59. The Bertz CT molecular complexity index is 101. The molecule has 0 heterocycles. The van der Waals surface area contributed by atoms with Gasteiger partial charge in [-0.3, -0.25) is 0 Å². The highest BCUT2D eigenvalue weighted by atomic mass is 79.9.